The van der Waals surface area contributed by atoms with Gasteiger partial charge in [-0.2, -0.15) is 0 Å². The van der Waals surface area contributed by atoms with Crippen LogP contribution in [0.5, 0.6) is 0 Å². The molecule has 5 unspecified atom stereocenters. The summed E-state index contributed by atoms with van der Waals surface area (Å²) in [6.45, 7) is 10.0. The lowest BCUT2D eigenvalue weighted by Crippen LogP contribution is -2.56. The van der Waals surface area contributed by atoms with Crippen LogP contribution in [0.25, 0.3) is 0 Å². The van der Waals surface area contributed by atoms with Gasteiger partial charge in [0.2, 0.25) is 0 Å². The highest BCUT2D eigenvalue weighted by Crippen LogP contribution is 2.29. The second-order valence-electron chi connectivity index (χ2n) is 5.65. The zero-order chi connectivity index (χ0) is 11.7. The second-order valence-corrected chi connectivity index (χ2v) is 5.65. The number of nitrogens with two attached hydrogens (primary N) is 1. The van der Waals surface area contributed by atoms with E-state index < -0.39 is 0 Å². The fraction of sp³-hybridized carbons (Fsp3) is 1.00. The molecule has 0 saturated carbocycles. The van der Waals surface area contributed by atoms with Gasteiger partial charge in [0.25, 0.3) is 0 Å². The first-order valence-corrected chi connectivity index (χ1v) is 6.70. The van der Waals surface area contributed by atoms with Crippen LogP contribution in [0.4, 0.5) is 0 Å². The van der Waals surface area contributed by atoms with Crippen LogP contribution in [0.3, 0.4) is 0 Å². The predicted octanol–water partition coefficient (Wildman–Crippen LogP) is 1.47. The normalized spacial score (nSPS) is 43.5. The Bertz CT molecular complexity index is 228. The molecule has 0 amide bonds. The number of rotatable bonds is 2. The first-order chi connectivity index (χ1) is 7.61. The Balaban J connectivity index is 1.97. The van der Waals surface area contributed by atoms with Gasteiger partial charge >= 0.3 is 0 Å². The van der Waals surface area contributed by atoms with Gasteiger partial charge in [0.15, 0.2) is 0 Å². The van der Waals surface area contributed by atoms with Crippen molar-refractivity contribution in [3.63, 3.8) is 0 Å². The smallest absolute Gasteiger partial charge is 0.0509 e. The molecule has 2 aliphatic rings. The van der Waals surface area contributed by atoms with Gasteiger partial charge in [0, 0.05) is 31.3 Å². The Labute approximate surface area is 99.3 Å². The molecule has 2 rings (SSSR count). The summed E-state index contributed by atoms with van der Waals surface area (Å²) in [5, 5.41) is 0. The third-order valence-corrected chi connectivity index (χ3v) is 4.85. The van der Waals surface area contributed by atoms with E-state index in [9.17, 15) is 0 Å². The molecular weight excluding hydrogens is 200 g/mol. The summed E-state index contributed by atoms with van der Waals surface area (Å²) in [6, 6.07) is 1.64. The molecule has 3 nitrogen and oxygen atoms in total. The molecule has 2 N–H and O–H groups in total. The standard InChI is InChI=1S/C13H26N2O/c1-9-10(2)15(6-4-13(9)14)11(3)12-5-7-16-8-12/h9-13H,4-8,14H2,1-3H3. The lowest BCUT2D eigenvalue weighted by atomic mass is 9.85. The number of hydrogen-bond donors (Lipinski definition) is 1. The Morgan fingerprint density at radius 1 is 1.31 bits per heavy atom. The third-order valence-electron chi connectivity index (χ3n) is 4.85. The number of nitrogens with zero attached hydrogens (tertiary/aromatic N) is 1. The van der Waals surface area contributed by atoms with Crippen molar-refractivity contribution in [3.8, 4) is 0 Å². The molecule has 94 valence electrons. The topological polar surface area (TPSA) is 38.5 Å². The van der Waals surface area contributed by atoms with E-state index in [2.05, 4.69) is 25.7 Å². The van der Waals surface area contributed by atoms with Gasteiger partial charge in [-0.05, 0) is 38.5 Å². The molecule has 0 aliphatic carbocycles. The molecule has 0 spiro atoms. The number of ether oxygens (including phenoxy) is 1. The molecule has 5 atom stereocenters. The molecule has 2 aliphatic heterocycles. The summed E-state index contributed by atoms with van der Waals surface area (Å²) >= 11 is 0. The van der Waals surface area contributed by atoms with E-state index in [0.29, 0.717) is 24.0 Å². The molecule has 0 aromatic carbocycles. The molecule has 0 aromatic rings. The Morgan fingerprint density at radius 3 is 2.69 bits per heavy atom. The van der Waals surface area contributed by atoms with Crippen LogP contribution in [0.15, 0.2) is 0 Å². The molecule has 0 bridgehead atoms. The molecule has 3 heteroatoms. The van der Waals surface area contributed by atoms with Gasteiger partial charge in [-0.15, -0.1) is 0 Å². The minimum atomic E-state index is 0.387. The van der Waals surface area contributed by atoms with Crippen LogP contribution in [-0.4, -0.2) is 42.8 Å². The maximum absolute atomic E-state index is 6.13. The van der Waals surface area contributed by atoms with Crippen molar-refractivity contribution in [1.82, 2.24) is 4.90 Å². The van der Waals surface area contributed by atoms with Crippen molar-refractivity contribution in [2.75, 3.05) is 19.8 Å². The average molecular weight is 226 g/mol. The second kappa shape index (κ2) is 5.03. The van der Waals surface area contributed by atoms with Gasteiger partial charge in [-0.1, -0.05) is 6.92 Å². The van der Waals surface area contributed by atoms with Crippen molar-refractivity contribution in [3.05, 3.63) is 0 Å². The fourth-order valence-electron chi connectivity index (χ4n) is 3.20. The van der Waals surface area contributed by atoms with Gasteiger partial charge in [-0.3, -0.25) is 4.90 Å². The summed E-state index contributed by atoms with van der Waals surface area (Å²) in [7, 11) is 0. The monoisotopic (exact) mass is 226 g/mol. The van der Waals surface area contributed by atoms with Crippen molar-refractivity contribution in [1.29, 1.82) is 0 Å². The average Bonchev–Trinajstić information content (AvgIpc) is 2.79. The molecular formula is C13H26N2O. The summed E-state index contributed by atoms with van der Waals surface area (Å²) in [5.41, 5.74) is 6.13. The lowest BCUT2D eigenvalue weighted by molar-refractivity contribution is 0.0350. The zero-order valence-corrected chi connectivity index (χ0v) is 10.9. The molecule has 2 fully saturated rings. The van der Waals surface area contributed by atoms with Crippen LogP contribution in [0, 0.1) is 11.8 Å². The highest BCUT2D eigenvalue weighted by molar-refractivity contribution is 4.91. The van der Waals surface area contributed by atoms with Gasteiger partial charge in [0.1, 0.15) is 0 Å². The first kappa shape index (κ1) is 12.3. The Hall–Kier alpha value is -0.120. The summed E-state index contributed by atoms with van der Waals surface area (Å²) < 4.78 is 5.50. The highest BCUT2D eigenvalue weighted by Gasteiger charge is 2.36. The third kappa shape index (κ3) is 2.27. The largest absolute Gasteiger partial charge is 0.381 e. The van der Waals surface area contributed by atoms with Crippen LogP contribution < -0.4 is 5.73 Å². The molecule has 2 saturated heterocycles. The molecule has 16 heavy (non-hydrogen) atoms. The van der Waals surface area contributed by atoms with Gasteiger partial charge in [0.05, 0.1) is 6.61 Å². The molecule has 2 heterocycles. The Kier molecular flexibility index (Phi) is 3.88. The predicted molar refractivity (Wildman–Crippen MR) is 66.3 cm³/mol. The number of hydrogen-bond acceptors (Lipinski definition) is 3. The van der Waals surface area contributed by atoms with Crippen LogP contribution in [-0.2, 0) is 4.74 Å². The van der Waals surface area contributed by atoms with Crippen molar-refractivity contribution in [2.24, 2.45) is 17.6 Å². The number of likely N-dealkylation sites (tertiary alicyclic amines) is 1. The van der Waals surface area contributed by atoms with E-state index >= 15 is 0 Å². The van der Waals surface area contributed by atoms with E-state index in [1.165, 1.54) is 6.42 Å². The Morgan fingerprint density at radius 2 is 2.06 bits per heavy atom. The van der Waals surface area contributed by atoms with E-state index in [1.54, 1.807) is 0 Å². The van der Waals surface area contributed by atoms with E-state index in [4.69, 9.17) is 10.5 Å². The highest BCUT2D eigenvalue weighted by atomic mass is 16.5. The molecule has 0 radical (unpaired) electrons. The summed E-state index contributed by atoms with van der Waals surface area (Å²) in [6.07, 6.45) is 2.37. The van der Waals surface area contributed by atoms with Crippen molar-refractivity contribution >= 4 is 0 Å². The van der Waals surface area contributed by atoms with E-state index in [-0.39, 0.29) is 0 Å². The van der Waals surface area contributed by atoms with E-state index in [1.807, 2.05) is 0 Å². The maximum Gasteiger partial charge on any atom is 0.0509 e. The van der Waals surface area contributed by atoms with Crippen LogP contribution in [0.1, 0.15) is 33.6 Å². The number of piperidine rings is 1. The van der Waals surface area contributed by atoms with Crippen LogP contribution in [0.2, 0.25) is 0 Å². The van der Waals surface area contributed by atoms with Crippen molar-refractivity contribution < 1.29 is 4.74 Å². The minimum absolute atomic E-state index is 0.387. The summed E-state index contributed by atoms with van der Waals surface area (Å²) in [4.78, 5) is 2.65. The fourth-order valence-corrected chi connectivity index (χ4v) is 3.20. The maximum atomic E-state index is 6.13. The van der Waals surface area contributed by atoms with Crippen molar-refractivity contribution in [2.45, 2.75) is 51.7 Å². The summed E-state index contributed by atoms with van der Waals surface area (Å²) in [5.74, 6) is 1.34. The molecule has 0 aromatic heterocycles. The SMILES string of the molecule is CC1C(N)CCN(C(C)C2CCOC2)C1C. The van der Waals surface area contributed by atoms with Crippen LogP contribution >= 0.6 is 0 Å². The lowest BCUT2D eigenvalue weighted by Gasteiger charge is -2.46. The quantitative estimate of drug-likeness (QED) is 0.775. The van der Waals surface area contributed by atoms with Gasteiger partial charge in [-0.25, -0.2) is 0 Å². The van der Waals surface area contributed by atoms with E-state index in [0.717, 1.165) is 32.1 Å². The zero-order valence-electron chi connectivity index (χ0n) is 10.9. The minimum Gasteiger partial charge on any atom is -0.381 e. The first-order valence-electron chi connectivity index (χ1n) is 6.70. The van der Waals surface area contributed by atoms with Gasteiger partial charge < -0.3 is 10.5 Å².